The van der Waals surface area contributed by atoms with Crippen LogP contribution in [0.4, 0.5) is 0 Å². The lowest BCUT2D eigenvalue weighted by molar-refractivity contribution is -0.00569. The van der Waals surface area contributed by atoms with E-state index in [9.17, 15) is 9.59 Å². The van der Waals surface area contributed by atoms with Gasteiger partial charge in [0, 0.05) is 48.3 Å². The molecule has 2 aliphatic heterocycles. The number of hydrogen-bond donors (Lipinski definition) is 1. The SMILES string of the molecule is O=C1CC2(CCN(C(=O)c3cccc(-c4ccn[nH]4)c3)CC2)Oc2cc(Cl)ccc21. The van der Waals surface area contributed by atoms with Crippen LogP contribution in [0.2, 0.25) is 5.02 Å². The summed E-state index contributed by atoms with van der Waals surface area (Å²) in [5, 5.41) is 7.44. The number of ketones is 1. The van der Waals surface area contributed by atoms with Crippen molar-refractivity contribution in [2.45, 2.75) is 24.9 Å². The molecule has 152 valence electrons. The van der Waals surface area contributed by atoms with Gasteiger partial charge in [-0.2, -0.15) is 5.10 Å². The van der Waals surface area contributed by atoms with Crippen molar-refractivity contribution in [3.63, 3.8) is 0 Å². The number of benzene rings is 2. The fraction of sp³-hybridized carbons (Fsp3) is 0.261. The minimum atomic E-state index is -0.566. The Morgan fingerprint density at radius 2 is 1.97 bits per heavy atom. The molecule has 1 spiro atoms. The van der Waals surface area contributed by atoms with Gasteiger partial charge < -0.3 is 9.64 Å². The van der Waals surface area contributed by atoms with Gasteiger partial charge in [0.2, 0.25) is 0 Å². The molecule has 0 bridgehead atoms. The Hall–Kier alpha value is -3.12. The van der Waals surface area contributed by atoms with Crippen LogP contribution < -0.4 is 4.74 Å². The molecule has 1 fully saturated rings. The summed E-state index contributed by atoms with van der Waals surface area (Å²) < 4.78 is 6.26. The summed E-state index contributed by atoms with van der Waals surface area (Å²) in [5.41, 5.74) is 2.44. The lowest BCUT2D eigenvalue weighted by Gasteiger charge is -2.44. The van der Waals surface area contributed by atoms with E-state index in [2.05, 4.69) is 10.2 Å². The molecule has 1 aromatic heterocycles. The van der Waals surface area contributed by atoms with Crippen molar-refractivity contribution >= 4 is 23.3 Å². The summed E-state index contributed by atoms with van der Waals surface area (Å²) in [6.07, 6.45) is 3.23. The van der Waals surface area contributed by atoms with Crippen molar-refractivity contribution < 1.29 is 14.3 Å². The second kappa shape index (κ2) is 7.29. The highest BCUT2D eigenvalue weighted by atomic mass is 35.5. The summed E-state index contributed by atoms with van der Waals surface area (Å²) in [6, 6.07) is 14.5. The van der Waals surface area contributed by atoms with Gasteiger partial charge >= 0.3 is 0 Å². The molecule has 0 unspecified atom stereocenters. The number of carbonyl (C=O) groups is 2. The van der Waals surface area contributed by atoms with E-state index in [0.717, 1.165) is 11.3 Å². The normalized spacial score (nSPS) is 17.5. The number of Topliss-reactive ketones (excluding diaryl/α,β-unsaturated/α-hetero) is 1. The number of piperidine rings is 1. The molecule has 3 aromatic rings. The Labute approximate surface area is 178 Å². The molecule has 2 aliphatic rings. The van der Waals surface area contributed by atoms with Crippen LogP contribution >= 0.6 is 11.6 Å². The van der Waals surface area contributed by atoms with Crippen LogP contribution in [0.15, 0.2) is 54.7 Å². The second-order valence-electron chi connectivity index (χ2n) is 7.87. The van der Waals surface area contributed by atoms with Crippen LogP contribution in [0, 0.1) is 0 Å². The second-order valence-corrected chi connectivity index (χ2v) is 8.31. The molecule has 2 aromatic carbocycles. The predicted molar refractivity (Wildman–Crippen MR) is 113 cm³/mol. The van der Waals surface area contributed by atoms with Gasteiger partial charge in [-0.1, -0.05) is 23.7 Å². The lowest BCUT2D eigenvalue weighted by atomic mass is 9.82. The molecular weight excluding hydrogens is 402 g/mol. The summed E-state index contributed by atoms with van der Waals surface area (Å²) >= 11 is 6.08. The van der Waals surface area contributed by atoms with E-state index < -0.39 is 5.60 Å². The van der Waals surface area contributed by atoms with E-state index in [1.165, 1.54) is 0 Å². The molecule has 0 atom stereocenters. The van der Waals surface area contributed by atoms with Gasteiger partial charge in [0.25, 0.3) is 5.91 Å². The number of nitrogens with one attached hydrogen (secondary N) is 1. The number of nitrogens with zero attached hydrogens (tertiary/aromatic N) is 2. The lowest BCUT2D eigenvalue weighted by Crippen LogP contribution is -2.52. The average molecular weight is 422 g/mol. The van der Waals surface area contributed by atoms with Crippen LogP contribution in [0.1, 0.15) is 40.0 Å². The molecule has 0 aliphatic carbocycles. The molecular formula is C23H20ClN3O3. The maximum Gasteiger partial charge on any atom is 0.253 e. The van der Waals surface area contributed by atoms with Gasteiger partial charge in [-0.15, -0.1) is 0 Å². The number of aromatic nitrogens is 2. The highest BCUT2D eigenvalue weighted by molar-refractivity contribution is 6.30. The number of aromatic amines is 1. The molecule has 1 amide bonds. The monoisotopic (exact) mass is 421 g/mol. The zero-order chi connectivity index (χ0) is 20.7. The number of hydrogen-bond acceptors (Lipinski definition) is 4. The third-order valence-electron chi connectivity index (χ3n) is 5.94. The summed E-state index contributed by atoms with van der Waals surface area (Å²) in [6.45, 7) is 1.08. The Kier molecular flexibility index (Phi) is 4.59. The Bertz CT molecular complexity index is 1120. The highest BCUT2D eigenvalue weighted by Gasteiger charge is 2.43. The van der Waals surface area contributed by atoms with Crippen LogP contribution in [-0.4, -0.2) is 45.5 Å². The molecule has 7 heteroatoms. The molecule has 30 heavy (non-hydrogen) atoms. The van der Waals surface area contributed by atoms with E-state index in [4.69, 9.17) is 16.3 Å². The van der Waals surface area contributed by atoms with E-state index in [1.807, 2.05) is 35.2 Å². The summed E-state index contributed by atoms with van der Waals surface area (Å²) in [7, 11) is 0. The van der Waals surface area contributed by atoms with E-state index in [1.54, 1.807) is 24.4 Å². The van der Waals surface area contributed by atoms with Gasteiger partial charge in [-0.3, -0.25) is 14.7 Å². The number of carbonyl (C=O) groups excluding carboxylic acids is 2. The molecule has 0 radical (unpaired) electrons. The van der Waals surface area contributed by atoms with Crippen molar-refractivity contribution in [2.75, 3.05) is 13.1 Å². The zero-order valence-electron chi connectivity index (χ0n) is 16.2. The number of H-pyrrole nitrogens is 1. The maximum absolute atomic E-state index is 13.1. The number of fused-ring (bicyclic) bond motifs is 1. The van der Waals surface area contributed by atoms with Crippen molar-refractivity contribution in [2.24, 2.45) is 0 Å². The quantitative estimate of drug-likeness (QED) is 0.666. The Morgan fingerprint density at radius 3 is 2.73 bits per heavy atom. The van der Waals surface area contributed by atoms with Gasteiger partial charge in [-0.05, 0) is 36.4 Å². The standard InChI is InChI=1S/C23H20ClN3O3/c24-17-4-5-18-20(28)14-23(30-21(18)13-17)7-10-27(11-8-23)22(29)16-3-1-2-15(12-16)19-6-9-25-26-19/h1-6,9,12-13H,7-8,10-11,14H2,(H,25,26). The van der Waals surface area contributed by atoms with Crippen molar-refractivity contribution in [1.29, 1.82) is 0 Å². The summed E-state index contributed by atoms with van der Waals surface area (Å²) in [4.78, 5) is 27.6. The molecule has 1 N–H and O–H groups in total. The average Bonchev–Trinajstić information content (AvgIpc) is 3.28. The van der Waals surface area contributed by atoms with Crippen molar-refractivity contribution in [3.8, 4) is 17.0 Å². The van der Waals surface area contributed by atoms with Crippen LogP contribution in [0.25, 0.3) is 11.3 Å². The topological polar surface area (TPSA) is 75.3 Å². The first-order valence-electron chi connectivity index (χ1n) is 9.94. The van der Waals surface area contributed by atoms with Crippen LogP contribution in [0.5, 0.6) is 5.75 Å². The first kappa shape index (κ1) is 18.9. The fourth-order valence-corrected chi connectivity index (χ4v) is 4.45. The molecule has 3 heterocycles. The largest absolute Gasteiger partial charge is 0.486 e. The number of rotatable bonds is 2. The highest BCUT2D eigenvalue weighted by Crippen LogP contribution is 2.40. The first-order valence-corrected chi connectivity index (χ1v) is 10.3. The third-order valence-corrected chi connectivity index (χ3v) is 6.17. The third kappa shape index (κ3) is 3.37. The van der Waals surface area contributed by atoms with Crippen molar-refractivity contribution in [1.82, 2.24) is 15.1 Å². The van der Waals surface area contributed by atoms with E-state index in [0.29, 0.717) is 54.3 Å². The van der Waals surface area contributed by atoms with E-state index in [-0.39, 0.29) is 11.7 Å². The minimum Gasteiger partial charge on any atom is -0.486 e. The van der Waals surface area contributed by atoms with Crippen LogP contribution in [-0.2, 0) is 0 Å². The number of halogens is 1. The van der Waals surface area contributed by atoms with Gasteiger partial charge in [0.05, 0.1) is 17.7 Å². The van der Waals surface area contributed by atoms with E-state index >= 15 is 0 Å². The van der Waals surface area contributed by atoms with Gasteiger partial charge in [0.15, 0.2) is 5.78 Å². The number of likely N-dealkylation sites (tertiary alicyclic amines) is 1. The molecule has 6 nitrogen and oxygen atoms in total. The van der Waals surface area contributed by atoms with Crippen molar-refractivity contribution in [3.05, 3.63) is 70.9 Å². The van der Waals surface area contributed by atoms with Gasteiger partial charge in [0.1, 0.15) is 11.4 Å². The van der Waals surface area contributed by atoms with Crippen LogP contribution in [0.3, 0.4) is 0 Å². The zero-order valence-corrected chi connectivity index (χ0v) is 17.0. The maximum atomic E-state index is 13.1. The number of amides is 1. The number of ether oxygens (including phenoxy) is 1. The minimum absolute atomic E-state index is 0.0169. The summed E-state index contributed by atoms with van der Waals surface area (Å²) in [5.74, 6) is 0.600. The fourth-order valence-electron chi connectivity index (χ4n) is 4.28. The Morgan fingerprint density at radius 1 is 1.13 bits per heavy atom. The smallest absolute Gasteiger partial charge is 0.253 e. The first-order chi connectivity index (χ1) is 14.5. The van der Waals surface area contributed by atoms with Gasteiger partial charge in [-0.25, -0.2) is 0 Å². The molecule has 1 saturated heterocycles. The predicted octanol–water partition coefficient (Wildman–Crippen LogP) is 4.37. The molecule has 5 rings (SSSR count). The Balaban J connectivity index is 1.31. The molecule has 0 saturated carbocycles.